The third-order valence-corrected chi connectivity index (χ3v) is 14.3. The van der Waals surface area contributed by atoms with Crippen molar-refractivity contribution in [3.8, 4) is 0 Å². The quantitative estimate of drug-likeness (QED) is 0.216. The summed E-state index contributed by atoms with van der Waals surface area (Å²) < 4.78 is 17.7. The van der Waals surface area contributed by atoms with Gasteiger partial charge in [-0.05, 0) is 91.3 Å². The minimum absolute atomic E-state index is 0.00969. The Kier molecular flexibility index (Phi) is 9.29. The molecule has 0 spiro atoms. The third kappa shape index (κ3) is 5.42. The molecular weight excluding hydrogens is 580 g/mol. The van der Waals surface area contributed by atoms with E-state index in [1.165, 1.54) is 0 Å². The van der Waals surface area contributed by atoms with Gasteiger partial charge in [-0.15, -0.1) is 0 Å². The second-order valence-corrected chi connectivity index (χ2v) is 16.2. The first-order valence-electron chi connectivity index (χ1n) is 17.6. The van der Waals surface area contributed by atoms with Crippen LogP contribution in [0.1, 0.15) is 92.4 Å². The van der Waals surface area contributed by atoms with E-state index in [-0.39, 0.29) is 70.3 Å². The lowest BCUT2D eigenvalue weighted by atomic mass is 9.44. The minimum Gasteiger partial charge on any atom is -0.462 e. The number of Topliss-reactive ketones (excluding diaryl/α,β-unsaturated/α-hetero) is 1. The highest BCUT2D eigenvalue weighted by atomic mass is 16.7. The maximum atomic E-state index is 14.0. The predicted molar refractivity (Wildman–Crippen MR) is 162 cm³/mol. The zero-order valence-electron chi connectivity index (χ0n) is 27.6. The topological polar surface area (TPSA) is 163 Å². The van der Waals surface area contributed by atoms with Crippen LogP contribution < -0.4 is 0 Å². The fourth-order valence-corrected chi connectivity index (χ4v) is 11.6. The molecule has 0 aromatic heterocycles. The number of cyclic esters (lactones) is 1. The molecule has 5 N–H and O–H groups in total. The highest BCUT2D eigenvalue weighted by Gasteiger charge is 2.65. The van der Waals surface area contributed by atoms with Crippen molar-refractivity contribution in [2.24, 2.45) is 58.2 Å². The lowest BCUT2D eigenvalue weighted by molar-refractivity contribution is -0.315. The molecule has 2 aliphatic heterocycles. The largest absolute Gasteiger partial charge is 0.462 e. The number of carbonyl (C=O) groups is 2. The number of rotatable bonds is 6. The normalized spacial score (nSPS) is 54.0. The number of hydrogen-bond donors (Lipinski definition) is 5. The van der Waals surface area contributed by atoms with Gasteiger partial charge in [0, 0.05) is 12.3 Å². The Morgan fingerprint density at radius 2 is 1.67 bits per heavy atom. The molecule has 6 rings (SSSR count). The van der Waals surface area contributed by atoms with Crippen LogP contribution in [0.2, 0.25) is 0 Å². The second kappa shape index (κ2) is 12.4. The van der Waals surface area contributed by atoms with Gasteiger partial charge in [0.2, 0.25) is 0 Å². The molecule has 10 heteroatoms. The van der Waals surface area contributed by atoms with Crippen molar-refractivity contribution >= 4 is 11.8 Å². The Morgan fingerprint density at radius 3 is 2.36 bits per heavy atom. The smallest absolute Gasteiger partial charge is 0.309 e. The van der Waals surface area contributed by atoms with E-state index >= 15 is 0 Å². The van der Waals surface area contributed by atoms with Crippen LogP contribution in [0.3, 0.4) is 0 Å². The van der Waals surface area contributed by atoms with Crippen molar-refractivity contribution in [1.82, 2.24) is 0 Å². The molecule has 2 heterocycles. The molecule has 4 saturated carbocycles. The maximum absolute atomic E-state index is 14.0. The van der Waals surface area contributed by atoms with Gasteiger partial charge in [-0.25, -0.2) is 0 Å². The molecule has 10 nitrogen and oxygen atoms in total. The number of hydrogen-bond acceptors (Lipinski definition) is 10. The molecule has 6 aliphatic rings. The zero-order valence-corrected chi connectivity index (χ0v) is 27.6. The predicted octanol–water partition coefficient (Wildman–Crippen LogP) is 2.59. The number of aliphatic hydroxyl groups excluding tert-OH is 5. The minimum atomic E-state index is -1.50. The van der Waals surface area contributed by atoms with Crippen LogP contribution in [0.15, 0.2) is 0 Å². The molecule has 2 saturated heterocycles. The number of aliphatic hydroxyl groups is 5. The molecule has 0 bridgehead atoms. The molecule has 256 valence electrons. The van der Waals surface area contributed by atoms with Gasteiger partial charge in [0.1, 0.15) is 36.3 Å². The van der Waals surface area contributed by atoms with E-state index in [0.29, 0.717) is 37.5 Å². The fourth-order valence-electron chi connectivity index (χ4n) is 11.6. The van der Waals surface area contributed by atoms with Crippen molar-refractivity contribution in [2.75, 3.05) is 6.61 Å². The Labute approximate surface area is 267 Å². The molecule has 6 fully saturated rings. The lowest BCUT2D eigenvalue weighted by Gasteiger charge is -2.60. The summed E-state index contributed by atoms with van der Waals surface area (Å²) in [5.74, 6) is 0.948. The third-order valence-electron chi connectivity index (χ3n) is 14.3. The summed E-state index contributed by atoms with van der Waals surface area (Å²) in [7, 11) is 0. The van der Waals surface area contributed by atoms with Crippen molar-refractivity contribution in [3.63, 3.8) is 0 Å². The van der Waals surface area contributed by atoms with Crippen molar-refractivity contribution in [1.29, 1.82) is 0 Å². The number of fused-ring (bicyclic) bond motifs is 5. The average molecular weight is 637 g/mol. The van der Waals surface area contributed by atoms with Crippen LogP contribution in [0.4, 0.5) is 0 Å². The van der Waals surface area contributed by atoms with Gasteiger partial charge in [0.25, 0.3) is 0 Å². The molecule has 0 aromatic rings. The number of ketones is 1. The monoisotopic (exact) mass is 636 g/mol. The van der Waals surface area contributed by atoms with Crippen molar-refractivity contribution in [3.05, 3.63) is 0 Å². The zero-order chi connectivity index (χ0) is 32.6. The Morgan fingerprint density at radius 1 is 0.956 bits per heavy atom. The van der Waals surface area contributed by atoms with E-state index in [2.05, 4.69) is 27.7 Å². The maximum Gasteiger partial charge on any atom is 0.309 e. The van der Waals surface area contributed by atoms with Gasteiger partial charge in [-0.3, -0.25) is 9.59 Å². The van der Waals surface area contributed by atoms with Crippen LogP contribution >= 0.6 is 0 Å². The highest BCUT2D eigenvalue weighted by Crippen LogP contribution is 2.68. The van der Waals surface area contributed by atoms with E-state index in [4.69, 9.17) is 14.2 Å². The Balaban J connectivity index is 1.16. The molecule has 0 aromatic carbocycles. The Hall–Kier alpha value is -1.14. The molecule has 0 amide bonds. The standard InChI is InChI=1S/C35H56O10/c1-6-18-11-26(44-32(42)16(18)2)17(3)28-25(38)14-22-20-13-24(37)23-12-19(7-9-34(23,4)21(20)8-10-35(22,28)5)43-33-31(41)30(40)29(39)27(15-36)45-33/h16-23,25-31,33,36,38-41H,6-15H2,1-5H3. The van der Waals surface area contributed by atoms with Crippen LogP contribution in [-0.2, 0) is 23.8 Å². The van der Waals surface area contributed by atoms with Gasteiger partial charge in [-0.1, -0.05) is 41.0 Å². The van der Waals surface area contributed by atoms with Crippen LogP contribution in [0.25, 0.3) is 0 Å². The summed E-state index contributed by atoms with van der Waals surface area (Å²) in [5, 5.41) is 52.1. The highest BCUT2D eigenvalue weighted by molar-refractivity contribution is 5.83. The van der Waals surface area contributed by atoms with E-state index in [1.54, 1.807) is 0 Å². The van der Waals surface area contributed by atoms with E-state index in [1.807, 2.05) is 6.92 Å². The van der Waals surface area contributed by atoms with Gasteiger partial charge in [0.15, 0.2) is 6.29 Å². The first-order valence-corrected chi connectivity index (χ1v) is 17.6. The van der Waals surface area contributed by atoms with Crippen LogP contribution in [0, 0.1) is 58.2 Å². The molecule has 18 unspecified atom stereocenters. The van der Waals surface area contributed by atoms with Crippen LogP contribution in [-0.4, -0.2) is 92.9 Å². The molecule has 0 radical (unpaired) electrons. The van der Waals surface area contributed by atoms with Gasteiger partial charge < -0.3 is 39.7 Å². The summed E-state index contributed by atoms with van der Waals surface area (Å²) in [6, 6.07) is 0. The van der Waals surface area contributed by atoms with Gasteiger partial charge in [-0.2, -0.15) is 0 Å². The molecular formula is C35H56O10. The van der Waals surface area contributed by atoms with Crippen LogP contribution in [0.5, 0.6) is 0 Å². The summed E-state index contributed by atoms with van der Waals surface area (Å²) in [6.45, 7) is 10.3. The Bertz CT molecular complexity index is 1110. The molecule has 4 aliphatic carbocycles. The summed E-state index contributed by atoms with van der Waals surface area (Å²) >= 11 is 0. The van der Waals surface area contributed by atoms with Crippen molar-refractivity contribution in [2.45, 2.75) is 141 Å². The number of ether oxygens (including phenoxy) is 3. The first-order chi connectivity index (χ1) is 21.2. The van der Waals surface area contributed by atoms with Gasteiger partial charge in [0.05, 0.1) is 24.7 Å². The van der Waals surface area contributed by atoms with E-state index in [9.17, 15) is 35.1 Å². The summed E-state index contributed by atoms with van der Waals surface area (Å²) in [4.78, 5) is 26.8. The fraction of sp³-hybridized carbons (Fsp3) is 0.943. The summed E-state index contributed by atoms with van der Waals surface area (Å²) in [6.07, 6.45) is -0.820. The average Bonchev–Trinajstić information content (AvgIpc) is 3.28. The number of esters is 1. The summed E-state index contributed by atoms with van der Waals surface area (Å²) in [5.41, 5.74) is -0.335. The lowest BCUT2D eigenvalue weighted by Crippen LogP contribution is -2.61. The van der Waals surface area contributed by atoms with E-state index in [0.717, 1.165) is 32.1 Å². The first kappa shape index (κ1) is 33.7. The second-order valence-electron chi connectivity index (χ2n) is 16.2. The SMILES string of the molecule is CCC1CC(C(C)C2C(O)CC3C4CC(=O)C5CC(OC6OC(CO)C(O)C(O)C6O)CCC5(C)C4CCC32C)OC(=O)C1C. The van der Waals surface area contributed by atoms with E-state index < -0.39 is 43.4 Å². The number of carbonyl (C=O) groups excluding carboxylic acids is 2. The van der Waals surface area contributed by atoms with Gasteiger partial charge >= 0.3 is 5.97 Å². The molecule has 45 heavy (non-hydrogen) atoms. The molecule has 18 atom stereocenters. The van der Waals surface area contributed by atoms with Crippen molar-refractivity contribution < 1.29 is 49.3 Å².